The minimum absolute atomic E-state index is 0.937. The monoisotopic (exact) mass is 416 g/mol. The first-order valence-electron chi connectivity index (χ1n) is 7.96. The van der Waals surface area contributed by atoms with Crippen LogP contribution in [0.15, 0.2) is 0 Å². The van der Waals surface area contributed by atoms with E-state index in [0.717, 1.165) is 12.5 Å². The summed E-state index contributed by atoms with van der Waals surface area (Å²) in [6.45, 7) is 0. The molecule has 0 N–H and O–H groups in total. The number of alkyl halides is 1. The van der Waals surface area contributed by atoms with Crippen molar-refractivity contribution in [3.8, 4) is 0 Å². The van der Waals surface area contributed by atoms with Crippen molar-refractivity contribution in [2.45, 2.75) is 70.3 Å². The lowest BCUT2D eigenvalue weighted by Crippen LogP contribution is -2.42. The van der Waals surface area contributed by atoms with Crippen LogP contribution in [0.4, 0.5) is 0 Å². The van der Waals surface area contributed by atoms with Crippen molar-refractivity contribution in [1.29, 1.82) is 0 Å². The van der Waals surface area contributed by atoms with Gasteiger partial charge in [-0.15, -0.1) is 0 Å². The smallest absolute Gasteiger partial charge is 0.377 e. The van der Waals surface area contributed by atoms with Crippen LogP contribution >= 0.6 is 22.6 Å². The molecule has 0 radical (unpaired) electrons. The summed E-state index contributed by atoms with van der Waals surface area (Å²) in [6.07, 6.45) is 13.6. The zero-order chi connectivity index (χ0) is 15.1. The van der Waals surface area contributed by atoms with Crippen molar-refractivity contribution in [3.05, 3.63) is 0 Å². The predicted octanol–water partition coefficient (Wildman–Crippen LogP) is 5.20. The third-order valence-corrected chi connectivity index (χ3v) is 7.39. The number of hydrogen-bond acceptors (Lipinski definition) is 3. The van der Waals surface area contributed by atoms with Crippen LogP contribution in [-0.4, -0.2) is 34.6 Å². The fraction of sp³-hybridized carbons (Fsp3) is 1.00. The van der Waals surface area contributed by atoms with Gasteiger partial charge in [0.2, 0.25) is 0 Å². The molecule has 0 aromatic carbocycles. The average molecular weight is 416 g/mol. The summed E-state index contributed by atoms with van der Waals surface area (Å²) in [6, 6.07) is 0.937. The van der Waals surface area contributed by atoms with Gasteiger partial charge in [0.25, 0.3) is 0 Å². The molecule has 122 valence electrons. The first-order valence-corrected chi connectivity index (χ1v) is 11.4. The van der Waals surface area contributed by atoms with Crippen LogP contribution in [0.1, 0.15) is 64.2 Å². The molecule has 5 heteroatoms. The quantitative estimate of drug-likeness (QED) is 0.159. The van der Waals surface area contributed by atoms with Crippen LogP contribution in [0.2, 0.25) is 6.04 Å². The summed E-state index contributed by atoms with van der Waals surface area (Å²) in [4.78, 5) is 0. The van der Waals surface area contributed by atoms with E-state index in [1.807, 2.05) is 0 Å². The minimum atomic E-state index is -2.31. The molecule has 0 aromatic rings. The van der Waals surface area contributed by atoms with Crippen LogP contribution in [0.25, 0.3) is 0 Å². The normalized spacial score (nSPS) is 12.0. The standard InChI is InChI=1S/C15H33IO3Si/c1-17-20(18-2,19-3)15-13-11-9-7-5-4-6-8-10-12-14-16/h4-15H2,1-3H3. The fourth-order valence-corrected chi connectivity index (χ4v) is 4.74. The largest absolute Gasteiger partial charge is 0.500 e. The van der Waals surface area contributed by atoms with E-state index in [9.17, 15) is 0 Å². The van der Waals surface area contributed by atoms with Crippen LogP contribution < -0.4 is 0 Å². The highest BCUT2D eigenvalue weighted by Gasteiger charge is 2.36. The van der Waals surface area contributed by atoms with Gasteiger partial charge in [-0.25, -0.2) is 0 Å². The Hall–Kier alpha value is 0.827. The summed E-state index contributed by atoms with van der Waals surface area (Å²) in [5.74, 6) is 0. The first-order chi connectivity index (χ1) is 9.74. The second-order valence-electron chi connectivity index (χ2n) is 5.27. The number of hydrogen-bond donors (Lipinski definition) is 0. The Bertz CT molecular complexity index is 193. The Morgan fingerprint density at radius 2 is 0.950 bits per heavy atom. The third kappa shape index (κ3) is 10.5. The molecule has 0 rings (SSSR count). The van der Waals surface area contributed by atoms with Gasteiger partial charge in [0.05, 0.1) is 0 Å². The molecule has 0 heterocycles. The van der Waals surface area contributed by atoms with Crippen molar-refractivity contribution in [2.75, 3.05) is 25.8 Å². The highest BCUT2D eigenvalue weighted by Crippen LogP contribution is 2.18. The summed E-state index contributed by atoms with van der Waals surface area (Å²) < 4.78 is 17.6. The van der Waals surface area contributed by atoms with Gasteiger partial charge in [-0.2, -0.15) is 0 Å². The molecule has 0 atom stereocenters. The number of unbranched alkanes of at least 4 members (excludes halogenated alkanes) is 9. The highest BCUT2D eigenvalue weighted by molar-refractivity contribution is 14.1. The lowest BCUT2D eigenvalue weighted by molar-refractivity contribution is 0.122. The van der Waals surface area contributed by atoms with E-state index in [4.69, 9.17) is 13.3 Å². The van der Waals surface area contributed by atoms with Gasteiger partial charge in [-0.1, -0.05) is 74.0 Å². The molecule has 0 aromatic heterocycles. The second-order valence-corrected chi connectivity index (χ2v) is 9.44. The molecule has 20 heavy (non-hydrogen) atoms. The summed E-state index contributed by atoms with van der Waals surface area (Å²) in [7, 11) is 2.76. The van der Waals surface area contributed by atoms with Crippen molar-refractivity contribution in [2.24, 2.45) is 0 Å². The Morgan fingerprint density at radius 3 is 1.30 bits per heavy atom. The number of halogens is 1. The zero-order valence-corrected chi connectivity index (χ0v) is 16.7. The molecule has 0 saturated heterocycles. The highest BCUT2D eigenvalue weighted by atomic mass is 127. The molecule has 0 amide bonds. The molecular formula is C15H33IO3Si. The lowest BCUT2D eigenvalue weighted by Gasteiger charge is -2.24. The molecule has 0 unspecified atom stereocenters. The third-order valence-electron chi connectivity index (χ3n) is 3.80. The molecule has 0 aliphatic carbocycles. The molecule has 0 spiro atoms. The van der Waals surface area contributed by atoms with E-state index >= 15 is 0 Å². The molecule has 0 aliphatic rings. The summed E-state index contributed by atoms with van der Waals surface area (Å²) in [5, 5.41) is 0. The fourth-order valence-electron chi connectivity index (χ4n) is 2.41. The van der Waals surface area contributed by atoms with E-state index < -0.39 is 8.80 Å². The van der Waals surface area contributed by atoms with Gasteiger partial charge in [-0.05, 0) is 17.3 Å². The molecule has 0 bridgehead atoms. The zero-order valence-electron chi connectivity index (χ0n) is 13.6. The van der Waals surface area contributed by atoms with Crippen LogP contribution in [0.5, 0.6) is 0 Å². The van der Waals surface area contributed by atoms with Gasteiger partial charge >= 0.3 is 8.80 Å². The average Bonchev–Trinajstić information content (AvgIpc) is 2.49. The first kappa shape index (κ1) is 20.8. The van der Waals surface area contributed by atoms with Crippen LogP contribution in [0.3, 0.4) is 0 Å². The van der Waals surface area contributed by atoms with Gasteiger partial charge in [-0.3, -0.25) is 0 Å². The Kier molecular flexibility index (Phi) is 15.4. The van der Waals surface area contributed by atoms with Crippen molar-refractivity contribution in [3.63, 3.8) is 0 Å². The second kappa shape index (κ2) is 14.8. The Balaban J connectivity index is 3.32. The van der Waals surface area contributed by atoms with Gasteiger partial charge in [0.15, 0.2) is 0 Å². The maximum Gasteiger partial charge on any atom is 0.500 e. The SMILES string of the molecule is CO[Si](CCCCCCCCCCCCI)(OC)OC. The van der Waals surface area contributed by atoms with E-state index in [2.05, 4.69) is 22.6 Å². The maximum absolute atomic E-state index is 5.42. The van der Waals surface area contributed by atoms with Crippen molar-refractivity contribution >= 4 is 31.4 Å². The van der Waals surface area contributed by atoms with Crippen LogP contribution in [0, 0.1) is 0 Å². The summed E-state index contributed by atoms with van der Waals surface area (Å²) in [5.41, 5.74) is 0. The molecule has 0 aliphatic heterocycles. The lowest BCUT2D eigenvalue weighted by atomic mass is 10.1. The van der Waals surface area contributed by atoms with Gasteiger partial charge < -0.3 is 13.3 Å². The molecular weight excluding hydrogens is 383 g/mol. The maximum atomic E-state index is 5.42. The Morgan fingerprint density at radius 1 is 0.600 bits per heavy atom. The molecule has 0 fully saturated rings. The van der Waals surface area contributed by atoms with Gasteiger partial charge in [0, 0.05) is 27.4 Å². The van der Waals surface area contributed by atoms with Crippen molar-refractivity contribution < 1.29 is 13.3 Å². The van der Waals surface area contributed by atoms with E-state index in [0.29, 0.717) is 0 Å². The summed E-state index contributed by atoms with van der Waals surface area (Å²) >= 11 is 2.46. The van der Waals surface area contributed by atoms with Gasteiger partial charge in [0.1, 0.15) is 0 Å². The molecule has 3 nitrogen and oxygen atoms in total. The predicted molar refractivity (Wildman–Crippen MR) is 96.6 cm³/mol. The van der Waals surface area contributed by atoms with E-state index in [1.165, 1.54) is 62.2 Å². The van der Waals surface area contributed by atoms with E-state index in [1.54, 1.807) is 21.3 Å². The van der Waals surface area contributed by atoms with Crippen molar-refractivity contribution in [1.82, 2.24) is 0 Å². The topological polar surface area (TPSA) is 27.7 Å². The number of rotatable bonds is 15. The Labute approximate surface area is 140 Å². The minimum Gasteiger partial charge on any atom is -0.377 e. The van der Waals surface area contributed by atoms with E-state index in [-0.39, 0.29) is 0 Å². The van der Waals surface area contributed by atoms with Crippen LogP contribution in [-0.2, 0) is 13.3 Å². The molecule has 0 saturated carbocycles.